The molecule has 1 heterocycles. The van der Waals surface area contributed by atoms with Gasteiger partial charge in [0.25, 0.3) is 0 Å². The summed E-state index contributed by atoms with van der Waals surface area (Å²) >= 11 is 0. The Morgan fingerprint density at radius 1 is 0.277 bits per heavy atom. The van der Waals surface area contributed by atoms with E-state index in [4.69, 9.17) is 4.42 Å². The first-order valence-corrected chi connectivity index (χ1v) is 22.3. The Morgan fingerprint density at radius 3 is 1.32 bits per heavy atom. The lowest BCUT2D eigenvalue weighted by Crippen LogP contribution is -2.12. The molecule has 0 N–H and O–H groups in total. The maximum atomic E-state index is 6.88. The molecule has 0 radical (unpaired) electrons. The van der Waals surface area contributed by atoms with Gasteiger partial charge >= 0.3 is 0 Å². The molecule has 0 bridgehead atoms. The molecule has 13 aromatic rings. The highest BCUT2D eigenvalue weighted by atomic mass is 16.3. The lowest BCUT2D eigenvalue weighted by atomic mass is 9.87. The number of rotatable bonds is 7. The molecule has 3 nitrogen and oxygen atoms in total. The topological polar surface area (TPSA) is 19.6 Å². The summed E-state index contributed by atoms with van der Waals surface area (Å²) < 4.78 is 6.88. The monoisotopic (exact) mass is 828 g/mol. The van der Waals surface area contributed by atoms with Gasteiger partial charge in [-0.2, -0.15) is 0 Å². The minimum Gasteiger partial charge on any atom is -0.456 e. The van der Waals surface area contributed by atoms with Crippen molar-refractivity contribution in [3.8, 4) is 11.1 Å². The van der Waals surface area contributed by atoms with Gasteiger partial charge in [0.05, 0.1) is 17.1 Å². The van der Waals surface area contributed by atoms with Crippen LogP contribution in [-0.2, 0) is 0 Å². The lowest BCUT2D eigenvalue weighted by Gasteiger charge is -2.31. The molecule has 3 heteroatoms. The summed E-state index contributed by atoms with van der Waals surface area (Å²) in [6, 6.07) is 87.6. The lowest BCUT2D eigenvalue weighted by molar-refractivity contribution is 0.669. The van der Waals surface area contributed by atoms with Crippen molar-refractivity contribution >= 4 is 110 Å². The van der Waals surface area contributed by atoms with Crippen molar-refractivity contribution in [2.24, 2.45) is 0 Å². The molecule has 0 saturated carbocycles. The molecule has 13 rings (SSSR count). The van der Waals surface area contributed by atoms with Crippen molar-refractivity contribution in [3.05, 3.63) is 243 Å². The molecule has 0 spiro atoms. The van der Waals surface area contributed by atoms with Crippen LogP contribution in [0.1, 0.15) is 0 Å². The van der Waals surface area contributed by atoms with Crippen molar-refractivity contribution in [1.82, 2.24) is 0 Å². The van der Waals surface area contributed by atoms with Crippen LogP contribution in [0.5, 0.6) is 0 Å². The molecule has 12 aromatic carbocycles. The summed E-state index contributed by atoms with van der Waals surface area (Å²) in [5.74, 6) is 0. The standard InChI is InChI=1S/C62H40N2O/c1-4-21-42(22-5-1)63(43-23-6-2-7-24-43)55-38-37-52(46-28-12-13-29-47(46)55)59-50-32-16-18-34-53(50)62(54-35-19-17-33-51(54)59)64(44-25-8-3-9-26-44)56-40-58-61(49-31-15-14-30-48(49)56)60-45-27-11-10-20-41(45)36-39-57(60)65-58/h1-40H. The third-order valence-electron chi connectivity index (χ3n) is 13.2. The van der Waals surface area contributed by atoms with Crippen LogP contribution in [0.15, 0.2) is 247 Å². The first-order valence-electron chi connectivity index (χ1n) is 22.3. The van der Waals surface area contributed by atoms with Crippen LogP contribution in [-0.4, -0.2) is 0 Å². The second-order valence-electron chi connectivity index (χ2n) is 16.7. The molecule has 65 heavy (non-hydrogen) atoms. The molecular formula is C62H40N2O. The average Bonchev–Trinajstić information content (AvgIpc) is 3.77. The number of anilines is 6. The third-order valence-corrected chi connectivity index (χ3v) is 13.2. The molecule has 304 valence electrons. The molecule has 0 saturated heterocycles. The van der Waals surface area contributed by atoms with E-state index in [1.807, 2.05) is 0 Å². The summed E-state index contributed by atoms with van der Waals surface area (Å²) in [4.78, 5) is 4.84. The van der Waals surface area contributed by atoms with Gasteiger partial charge in [0.15, 0.2) is 0 Å². The van der Waals surface area contributed by atoms with Gasteiger partial charge in [0.1, 0.15) is 11.2 Å². The summed E-state index contributed by atoms with van der Waals surface area (Å²) in [6.45, 7) is 0. The maximum Gasteiger partial charge on any atom is 0.138 e. The number of para-hydroxylation sites is 3. The Kier molecular flexibility index (Phi) is 8.53. The summed E-state index contributed by atoms with van der Waals surface area (Å²) in [7, 11) is 0. The highest BCUT2D eigenvalue weighted by Gasteiger charge is 2.27. The zero-order chi connectivity index (χ0) is 42.8. The molecule has 0 unspecified atom stereocenters. The molecule has 0 aliphatic rings. The second-order valence-corrected chi connectivity index (χ2v) is 16.7. The van der Waals surface area contributed by atoms with E-state index in [0.29, 0.717) is 0 Å². The maximum absolute atomic E-state index is 6.88. The number of nitrogens with zero attached hydrogens (tertiary/aromatic N) is 2. The second kappa shape index (κ2) is 15.0. The van der Waals surface area contributed by atoms with Crippen molar-refractivity contribution in [1.29, 1.82) is 0 Å². The zero-order valence-electron chi connectivity index (χ0n) is 35.4. The van der Waals surface area contributed by atoms with E-state index >= 15 is 0 Å². The fourth-order valence-electron chi connectivity index (χ4n) is 10.4. The van der Waals surface area contributed by atoms with E-state index in [2.05, 4.69) is 252 Å². The van der Waals surface area contributed by atoms with E-state index in [1.54, 1.807) is 0 Å². The quantitative estimate of drug-likeness (QED) is 0.149. The van der Waals surface area contributed by atoms with Gasteiger partial charge in [-0.15, -0.1) is 0 Å². The Bertz CT molecular complexity index is 3860. The number of fused-ring (bicyclic) bond motifs is 10. The molecule has 0 amide bonds. The van der Waals surface area contributed by atoms with Crippen LogP contribution in [0.4, 0.5) is 34.1 Å². The highest BCUT2D eigenvalue weighted by Crippen LogP contribution is 2.52. The Balaban J connectivity index is 1.10. The van der Waals surface area contributed by atoms with Gasteiger partial charge in [-0.3, -0.25) is 0 Å². The van der Waals surface area contributed by atoms with Crippen LogP contribution in [0.3, 0.4) is 0 Å². The van der Waals surface area contributed by atoms with Crippen molar-refractivity contribution in [2.75, 3.05) is 9.80 Å². The smallest absolute Gasteiger partial charge is 0.138 e. The fraction of sp³-hybridized carbons (Fsp3) is 0. The molecule has 0 fully saturated rings. The average molecular weight is 829 g/mol. The van der Waals surface area contributed by atoms with Crippen LogP contribution in [0.25, 0.3) is 86.9 Å². The SMILES string of the molecule is c1ccc(N(c2ccccc2)c2ccc(-c3c4ccccc4c(N(c4ccccc4)c4cc5oc6ccc7ccccc7c6c5c5ccccc45)c4ccccc34)c3ccccc23)cc1. The van der Waals surface area contributed by atoms with E-state index in [-0.39, 0.29) is 0 Å². The number of furan rings is 1. The largest absolute Gasteiger partial charge is 0.456 e. The van der Waals surface area contributed by atoms with Gasteiger partial charge < -0.3 is 14.2 Å². The molecule has 0 atom stereocenters. The molecule has 1 aromatic heterocycles. The number of benzene rings is 12. The van der Waals surface area contributed by atoms with E-state index in [1.165, 1.54) is 43.4 Å². The molecular weight excluding hydrogens is 789 g/mol. The van der Waals surface area contributed by atoms with Crippen LogP contribution >= 0.6 is 0 Å². The minimum absolute atomic E-state index is 0.864. The number of hydrogen-bond acceptors (Lipinski definition) is 3. The normalized spacial score (nSPS) is 11.7. The third kappa shape index (κ3) is 5.83. The first kappa shape index (κ1) is 36.9. The van der Waals surface area contributed by atoms with Crippen LogP contribution in [0, 0.1) is 0 Å². The van der Waals surface area contributed by atoms with Gasteiger partial charge in [-0.25, -0.2) is 0 Å². The van der Waals surface area contributed by atoms with Crippen molar-refractivity contribution < 1.29 is 4.42 Å². The van der Waals surface area contributed by atoms with Gasteiger partial charge in [0, 0.05) is 55.4 Å². The Hall–Kier alpha value is -8.66. The van der Waals surface area contributed by atoms with E-state index < -0.39 is 0 Å². The predicted molar refractivity (Wildman–Crippen MR) is 276 cm³/mol. The summed E-state index contributed by atoms with van der Waals surface area (Å²) in [5.41, 5.74) is 10.8. The Morgan fingerprint density at radius 2 is 0.723 bits per heavy atom. The predicted octanol–water partition coefficient (Wildman–Crippen LogP) is 18.0. The minimum atomic E-state index is 0.864. The van der Waals surface area contributed by atoms with Crippen LogP contribution < -0.4 is 9.80 Å². The van der Waals surface area contributed by atoms with Gasteiger partial charge in [-0.05, 0) is 92.0 Å². The Labute approximate surface area is 376 Å². The fourth-order valence-corrected chi connectivity index (χ4v) is 10.4. The zero-order valence-corrected chi connectivity index (χ0v) is 35.4. The van der Waals surface area contributed by atoms with Crippen molar-refractivity contribution in [3.63, 3.8) is 0 Å². The van der Waals surface area contributed by atoms with E-state index in [0.717, 1.165) is 77.6 Å². The van der Waals surface area contributed by atoms with Gasteiger partial charge in [-0.1, -0.05) is 188 Å². The van der Waals surface area contributed by atoms with Crippen LogP contribution in [0.2, 0.25) is 0 Å². The molecule has 0 aliphatic heterocycles. The highest BCUT2D eigenvalue weighted by molar-refractivity contribution is 6.30. The summed E-state index contributed by atoms with van der Waals surface area (Å²) in [5, 5.41) is 14.1. The molecule has 0 aliphatic carbocycles. The number of hydrogen-bond donors (Lipinski definition) is 0. The van der Waals surface area contributed by atoms with Crippen molar-refractivity contribution in [2.45, 2.75) is 0 Å². The first-order chi connectivity index (χ1) is 32.3. The van der Waals surface area contributed by atoms with E-state index in [9.17, 15) is 0 Å². The van der Waals surface area contributed by atoms with Gasteiger partial charge in [0.2, 0.25) is 0 Å². The summed E-state index contributed by atoms with van der Waals surface area (Å²) in [6.07, 6.45) is 0.